The summed E-state index contributed by atoms with van der Waals surface area (Å²) in [5, 5.41) is 17.0. The van der Waals surface area contributed by atoms with Gasteiger partial charge < -0.3 is 20.6 Å². The van der Waals surface area contributed by atoms with Gasteiger partial charge in [0.2, 0.25) is 0 Å². The molecule has 2 fully saturated rings. The van der Waals surface area contributed by atoms with Crippen LogP contribution in [0.4, 0.5) is 4.79 Å². The topological polar surface area (TPSA) is 64.6 Å². The number of rotatable bonds is 6. The van der Waals surface area contributed by atoms with E-state index in [1.165, 1.54) is 5.56 Å². The molecule has 0 aromatic heterocycles. The van der Waals surface area contributed by atoms with Gasteiger partial charge in [-0.05, 0) is 62.0 Å². The number of piperidine rings is 1. The van der Waals surface area contributed by atoms with Crippen LogP contribution < -0.4 is 10.6 Å². The number of hydrogen-bond acceptors (Lipinski definition) is 3. The maximum Gasteiger partial charge on any atom is 0.405 e. The number of nitrogens with zero attached hydrogens (tertiary/aromatic N) is 1. The van der Waals surface area contributed by atoms with E-state index >= 15 is 0 Å². The molecular formula is C24H30Cl3N3O2. The van der Waals surface area contributed by atoms with Gasteiger partial charge in [0.15, 0.2) is 0 Å². The van der Waals surface area contributed by atoms with Crippen molar-refractivity contribution in [2.45, 2.75) is 36.6 Å². The minimum atomic E-state index is -0.965. The van der Waals surface area contributed by atoms with Gasteiger partial charge in [-0.1, -0.05) is 59.6 Å². The highest BCUT2D eigenvalue weighted by Gasteiger charge is 2.40. The molecular weight excluding hydrogens is 469 g/mol. The lowest BCUT2D eigenvalue weighted by Crippen LogP contribution is -2.53. The summed E-state index contributed by atoms with van der Waals surface area (Å²) in [6.45, 7) is 4.63. The Morgan fingerprint density at radius 1 is 1.03 bits per heavy atom. The molecule has 2 saturated heterocycles. The second kappa shape index (κ2) is 10.6. The van der Waals surface area contributed by atoms with E-state index in [9.17, 15) is 9.90 Å². The van der Waals surface area contributed by atoms with Crippen molar-refractivity contribution in [3.8, 4) is 0 Å². The van der Waals surface area contributed by atoms with E-state index < -0.39 is 11.6 Å². The Kier molecular flexibility index (Phi) is 8.34. The predicted molar refractivity (Wildman–Crippen MR) is 132 cm³/mol. The molecule has 3 N–H and O–H groups in total. The van der Waals surface area contributed by atoms with Gasteiger partial charge in [-0.3, -0.25) is 0 Å². The number of nitrogens with one attached hydrogen (secondary N) is 2. The molecule has 2 aromatic carbocycles. The molecule has 0 saturated carbocycles. The molecule has 0 radical (unpaired) electrons. The Hall–Kier alpha value is -1.50. The van der Waals surface area contributed by atoms with Crippen molar-refractivity contribution in [3.63, 3.8) is 0 Å². The molecule has 32 heavy (non-hydrogen) atoms. The third-order valence-corrected chi connectivity index (χ3v) is 7.80. The van der Waals surface area contributed by atoms with Crippen molar-refractivity contribution in [1.82, 2.24) is 15.5 Å². The van der Waals surface area contributed by atoms with Gasteiger partial charge in [0, 0.05) is 25.0 Å². The highest BCUT2D eigenvalue weighted by Crippen LogP contribution is 2.38. The van der Waals surface area contributed by atoms with E-state index in [1.807, 2.05) is 42.5 Å². The lowest BCUT2D eigenvalue weighted by Gasteiger charge is -2.43. The molecule has 4 rings (SSSR count). The number of carboxylic acid groups (broad SMARTS) is 1. The molecule has 8 heteroatoms. The largest absolute Gasteiger partial charge is 0.465 e. The summed E-state index contributed by atoms with van der Waals surface area (Å²) in [6, 6.07) is 16.0. The predicted octanol–water partition coefficient (Wildman–Crippen LogP) is 5.30. The van der Waals surface area contributed by atoms with Crippen molar-refractivity contribution in [1.29, 1.82) is 0 Å². The van der Waals surface area contributed by atoms with Crippen molar-refractivity contribution < 1.29 is 9.90 Å². The van der Waals surface area contributed by atoms with E-state index in [1.54, 1.807) is 0 Å². The molecule has 5 nitrogen and oxygen atoms in total. The van der Waals surface area contributed by atoms with Crippen molar-refractivity contribution in [3.05, 3.63) is 69.7 Å². The van der Waals surface area contributed by atoms with Crippen LogP contribution in [0.5, 0.6) is 0 Å². The van der Waals surface area contributed by atoms with Crippen LogP contribution in [-0.2, 0) is 11.0 Å². The molecule has 0 bridgehead atoms. The molecule has 2 aliphatic rings. The zero-order valence-corrected chi connectivity index (χ0v) is 20.3. The molecule has 2 aromatic rings. The van der Waals surface area contributed by atoms with E-state index in [0.717, 1.165) is 64.0 Å². The normalized spacial score (nSPS) is 22.8. The first-order chi connectivity index (χ1) is 14.9. The van der Waals surface area contributed by atoms with Gasteiger partial charge >= 0.3 is 6.09 Å². The summed E-state index contributed by atoms with van der Waals surface area (Å²) in [5.41, 5.74) is 1.83. The Labute approximate surface area is 205 Å². The van der Waals surface area contributed by atoms with Crippen LogP contribution in [0.3, 0.4) is 0 Å². The SMILES string of the molecule is Cl.O=C(O)NC1(c2ccccc2)CCN(CC[C@]2(c3ccc(Cl)c(Cl)c3)CCNC2)CC1. The number of benzene rings is 2. The summed E-state index contributed by atoms with van der Waals surface area (Å²) >= 11 is 12.5. The third-order valence-electron chi connectivity index (χ3n) is 7.06. The number of amides is 1. The maximum absolute atomic E-state index is 11.5. The Balaban J connectivity index is 0.00000289. The minimum Gasteiger partial charge on any atom is -0.465 e. The zero-order valence-electron chi connectivity index (χ0n) is 17.9. The van der Waals surface area contributed by atoms with Crippen molar-refractivity contribution in [2.24, 2.45) is 0 Å². The second-order valence-corrected chi connectivity index (χ2v) is 9.62. The Morgan fingerprint density at radius 3 is 2.34 bits per heavy atom. The van der Waals surface area contributed by atoms with Gasteiger partial charge in [0.25, 0.3) is 0 Å². The van der Waals surface area contributed by atoms with Crippen LogP contribution >= 0.6 is 35.6 Å². The fraction of sp³-hybridized carbons (Fsp3) is 0.458. The molecule has 2 aliphatic heterocycles. The maximum atomic E-state index is 11.5. The second-order valence-electron chi connectivity index (χ2n) is 8.81. The average Bonchev–Trinajstić information content (AvgIpc) is 3.26. The summed E-state index contributed by atoms with van der Waals surface area (Å²) < 4.78 is 0. The first kappa shape index (κ1) is 25.1. The van der Waals surface area contributed by atoms with Gasteiger partial charge in [0.05, 0.1) is 15.6 Å². The highest BCUT2D eigenvalue weighted by atomic mass is 35.5. The molecule has 1 amide bonds. The quantitative estimate of drug-likeness (QED) is 0.506. The van der Waals surface area contributed by atoms with E-state index in [-0.39, 0.29) is 17.8 Å². The fourth-order valence-electron chi connectivity index (χ4n) is 5.15. The average molecular weight is 499 g/mol. The Morgan fingerprint density at radius 2 is 1.75 bits per heavy atom. The number of hydrogen-bond donors (Lipinski definition) is 3. The van der Waals surface area contributed by atoms with Crippen LogP contribution in [0.1, 0.15) is 36.8 Å². The van der Waals surface area contributed by atoms with E-state index in [2.05, 4.69) is 21.6 Å². The Bertz CT molecular complexity index is 912. The van der Waals surface area contributed by atoms with Crippen LogP contribution in [0.2, 0.25) is 10.0 Å². The molecule has 1 atom stereocenters. The number of carbonyl (C=O) groups is 1. The summed E-state index contributed by atoms with van der Waals surface area (Å²) in [4.78, 5) is 14.0. The summed E-state index contributed by atoms with van der Waals surface area (Å²) in [6.07, 6.45) is 2.67. The molecule has 0 aliphatic carbocycles. The molecule has 0 spiro atoms. The van der Waals surface area contributed by atoms with Crippen LogP contribution in [0, 0.1) is 0 Å². The van der Waals surface area contributed by atoms with Crippen molar-refractivity contribution >= 4 is 41.7 Å². The molecule has 0 unspecified atom stereocenters. The van der Waals surface area contributed by atoms with E-state index in [4.69, 9.17) is 23.2 Å². The fourth-order valence-corrected chi connectivity index (χ4v) is 5.45. The smallest absolute Gasteiger partial charge is 0.405 e. The number of likely N-dealkylation sites (tertiary alicyclic amines) is 1. The summed E-state index contributed by atoms with van der Waals surface area (Å²) in [7, 11) is 0. The first-order valence-electron chi connectivity index (χ1n) is 10.9. The standard InChI is InChI=1S/C24H29Cl2N3O2.ClH/c25-20-7-6-19(16-21(20)26)23(8-12-27-17-23)9-13-29-14-10-24(11-15-29,28-22(30)31)18-4-2-1-3-5-18;/h1-7,16,27-28H,8-15,17H2,(H,30,31);1H/t23-;/m1./s1. The monoisotopic (exact) mass is 497 g/mol. The minimum absolute atomic E-state index is 0. The zero-order chi connectivity index (χ0) is 21.9. The van der Waals surface area contributed by atoms with Gasteiger partial charge in [-0.2, -0.15) is 0 Å². The van der Waals surface area contributed by atoms with Crippen LogP contribution in [-0.4, -0.2) is 48.8 Å². The molecule has 2 heterocycles. The van der Waals surface area contributed by atoms with Crippen molar-refractivity contribution in [2.75, 3.05) is 32.7 Å². The van der Waals surface area contributed by atoms with Gasteiger partial charge in [0.1, 0.15) is 0 Å². The van der Waals surface area contributed by atoms with E-state index in [0.29, 0.717) is 10.0 Å². The van der Waals surface area contributed by atoms with Gasteiger partial charge in [-0.25, -0.2) is 4.79 Å². The van der Waals surface area contributed by atoms with Crippen LogP contribution in [0.25, 0.3) is 0 Å². The number of halogens is 3. The van der Waals surface area contributed by atoms with Crippen LogP contribution in [0.15, 0.2) is 48.5 Å². The van der Waals surface area contributed by atoms with Gasteiger partial charge in [-0.15, -0.1) is 12.4 Å². The third kappa shape index (κ3) is 5.35. The lowest BCUT2D eigenvalue weighted by molar-refractivity contribution is 0.116. The molecule has 174 valence electrons. The summed E-state index contributed by atoms with van der Waals surface area (Å²) in [5.74, 6) is 0. The lowest BCUT2D eigenvalue weighted by atomic mass is 9.76. The highest BCUT2D eigenvalue weighted by molar-refractivity contribution is 6.42. The first-order valence-corrected chi connectivity index (χ1v) is 11.6.